The lowest BCUT2D eigenvalue weighted by Gasteiger charge is -2.35. The van der Waals surface area contributed by atoms with E-state index in [1.807, 2.05) is 0 Å². The van der Waals surface area contributed by atoms with Crippen LogP contribution in [0.5, 0.6) is 0 Å². The van der Waals surface area contributed by atoms with Gasteiger partial charge in [0.25, 0.3) is 0 Å². The number of hydrogen-bond donors (Lipinski definition) is 2. The van der Waals surface area contributed by atoms with Crippen LogP contribution in [0.3, 0.4) is 0 Å². The number of aliphatic hydroxyl groups is 1. The van der Waals surface area contributed by atoms with Crippen molar-refractivity contribution in [2.24, 2.45) is 5.92 Å². The fourth-order valence-corrected chi connectivity index (χ4v) is 5.56. The maximum absolute atomic E-state index is 10.7. The fraction of sp³-hybridized carbons (Fsp3) is 0.375. The minimum absolute atomic E-state index is 0.207. The van der Waals surface area contributed by atoms with Crippen molar-refractivity contribution in [2.45, 2.75) is 37.7 Å². The molecule has 0 bridgehead atoms. The molecule has 0 amide bonds. The van der Waals surface area contributed by atoms with E-state index in [4.69, 9.17) is 9.97 Å². The number of nitrogens with one attached hydrogen (secondary N) is 1. The topological polar surface area (TPSA) is 77.9 Å². The van der Waals surface area contributed by atoms with Gasteiger partial charge >= 0.3 is 0 Å². The summed E-state index contributed by atoms with van der Waals surface area (Å²) in [6.07, 6.45) is 7.15. The number of imidazole rings is 1. The third-order valence-corrected chi connectivity index (χ3v) is 7.42. The Morgan fingerprint density at radius 3 is 2.58 bits per heavy atom. The van der Waals surface area contributed by atoms with E-state index in [0.29, 0.717) is 11.7 Å². The van der Waals surface area contributed by atoms with Gasteiger partial charge in [-0.2, -0.15) is 0 Å². The van der Waals surface area contributed by atoms with Crippen LogP contribution in [0.4, 0.5) is 5.82 Å². The third kappa shape index (κ3) is 3.51. The molecular formula is C24H25N5OS. The molecule has 1 aromatic carbocycles. The van der Waals surface area contributed by atoms with Gasteiger partial charge < -0.3 is 15.0 Å². The number of H-pyrrole nitrogens is 1. The summed E-state index contributed by atoms with van der Waals surface area (Å²) in [5.41, 5.74) is 2.43. The van der Waals surface area contributed by atoms with E-state index in [9.17, 15) is 5.11 Å². The highest BCUT2D eigenvalue weighted by Gasteiger charge is 2.32. The van der Waals surface area contributed by atoms with Crippen LogP contribution in [0.1, 0.15) is 49.4 Å². The second-order valence-electron chi connectivity index (χ2n) is 8.62. The predicted molar refractivity (Wildman–Crippen MR) is 123 cm³/mol. The number of aliphatic hydroxyl groups excluding tert-OH is 1. The molecule has 4 heterocycles. The Bertz CT molecular complexity index is 1180. The van der Waals surface area contributed by atoms with Crippen LogP contribution < -0.4 is 4.90 Å². The Labute approximate surface area is 185 Å². The molecule has 6 rings (SSSR count). The summed E-state index contributed by atoms with van der Waals surface area (Å²) in [4.78, 5) is 20.8. The van der Waals surface area contributed by atoms with E-state index < -0.39 is 6.10 Å². The van der Waals surface area contributed by atoms with Crippen molar-refractivity contribution in [1.82, 2.24) is 19.9 Å². The molecule has 4 aromatic rings. The largest absolute Gasteiger partial charge is 0.385 e. The summed E-state index contributed by atoms with van der Waals surface area (Å²) in [6, 6.07) is 10.5. The Balaban J connectivity index is 1.34. The van der Waals surface area contributed by atoms with Crippen LogP contribution in [-0.4, -0.2) is 38.1 Å². The lowest BCUT2D eigenvalue weighted by Crippen LogP contribution is -2.36. The van der Waals surface area contributed by atoms with Gasteiger partial charge in [-0.3, -0.25) is 0 Å². The van der Waals surface area contributed by atoms with Crippen molar-refractivity contribution in [3.63, 3.8) is 0 Å². The third-order valence-electron chi connectivity index (χ3n) is 6.54. The molecule has 1 unspecified atom stereocenters. The highest BCUT2D eigenvalue weighted by molar-refractivity contribution is 7.17. The van der Waals surface area contributed by atoms with Gasteiger partial charge in [-0.1, -0.05) is 30.3 Å². The molecule has 2 aliphatic rings. The Hall–Kier alpha value is -2.77. The first-order valence-corrected chi connectivity index (χ1v) is 11.9. The first-order chi connectivity index (χ1) is 15.3. The average Bonchev–Trinajstić information content (AvgIpc) is 3.36. The number of fused-ring (bicyclic) bond motifs is 1. The van der Waals surface area contributed by atoms with Gasteiger partial charge in [0.1, 0.15) is 28.4 Å². The Morgan fingerprint density at radius 1 is 1.06 bits per heavy atom. The van der Waals surface area contributed by atoms with E-state index in [2.05, 4.69) is 50.6 Å². The second-order valence-corrected chi connectivity index (χ2v) is 9.48. The van der Waals surface area contributed by atoms with Gasteiger partial charge in [-0.05, 0) is 37.2 Å². The molecule has 1 aliphatic carbocycles. The van der Waals surface area contributed by atoms with E-state index in [-0.39, 0.29) is 5.92 Å². The highest BCUT2D eigenvalue weighted by atomic mass is 32.1. The van der Waals surface area contributed by atoms with Crippen molar-refractivity contribution in [2.75, 3.05) is 18.0 Å². The van der Waals surface area contributed by atoms with Gasteiger partial charge in [-0.15, -0.1) is 11.3 Å². The SMILES string of the molecule is OC(c1ncc[nH]1)C1CCN(c2nc(C3CC3)nc3scc(-c4ccccc4)c23)CC1. The zero-order valence-electron chi connectivity index (χ0n) is 17.2. The van der Waals surface area contributed by atoms with E-state index in [1.54, 1.807) is 23.7 Å². The zero-order chi connectivity index (χ0) is 20.8. The van der Waals surface area contributed by atoms with Gasteiger partial charge in [0.2, 0.25) is 0 Å². The molecule has 158 valence electrons. The van der Waals surface area contributed by atoms with Gasteiger partial charge in [0.05, 0.1) is 5.39 Å². The van der Waals surface area contributed by atoms with Gasteiger partial charge in [0, 0.05) is 42.3 Å². The summed E-state index contributed by atoms with van der Waals surface area (Å²) in [7, 11) is 0. The van der Waals surface area contributed by atoms with Gasteiger partial charge in [0.15, 0.2) is 0 Å². The van der Waals surface area contributed by atoms with E-state index in [1.165, 1.54) is 29.4 Å². The lowest BCUT2D eigenvalue weighted by atomic mass is 9.90. The molecule has 1 saturated heterocycles. The number of rotatable bonds is 5. The molecule has 2 N–H and O–H groups in total. The van der Waals surface area contributed by atoms with Crippen LogP contribution in [0, 0.1) is 5.92 Å². The lowest BCUT2D eigenvalue weighted by molar-refractivity contribution is 0.0856. The van der Waals surface area contributed by atoms with Crippen molar-refractivity contribution >= 4 is 27.4 Å². The minimum atomic E-state index is -0.536. The average molecular weight is 432 g/mol. The molecule has 31 heavy (non-hydrogen) atoms. The maximum atomic E-state index is 10.7. The quantitative estimate of drug-likeness (QED) is 0.469. The van der Waals surface area contributed by atoms with E-state index in [0.717, 1.165) is 42.4 Å². The van der Waals surface area contributed by atoms with Crippen LogP contribution >= 0.6 is 11.3 Å². The second kappa shape index (κ2) is 7.73. The fourth-order valence-electron chi connectivity index (χ4n) is 4.61. The number of benzene rings is 1. The minimum Gasteiger partial charge on any atom is -0.385 e. The molecule has 1 atom stereocenters. The summed E-state index contributed by atoms with van der Waals surface area (Å²) in [5.74, 6) is 3.46. The molecule has 1 aliphatic heterocycles. The highest BCUT2D eigenvalue weighted by Crippen LogP contribution is 2.44. The molecule has 3 aromatic heterocycles. The summed E-state index contributed by atoms with van der Waals surface area (Å²) in [5, 5.41) is 14.1. The number of hydrogen-bond acceptors (Lipinski definition) is 6. The Morgan fingerprint density at radius 2 is 1.87 bits per heavy atom. The van der Waals surface area contributed by atoms with Crippen molar-refractivity contribution in [3.8, 4) is 11.1 Å². The summed E-state index contributed by atoms with van der Waals surface area (Å²) in [6.45, 7) is 1.76. The van der Waals surface area contributed by atoms with Crippen LogP contribution in [0.2, 0.25) is 0 Å². The molecule has 0 radical (unpaired) electrons. The number of nitrogens with zero attached hydrogens (tertiary/aromatic N) is 4. The standard InChI is InChI=1S/C24H25N5OS/c30-20(22-25-10-11-26-22)16-8-12-29(13-9-16)23-19-18(15-4-2-1-3-5-15)14-31-24(19)28-21(27-23)17-6-7-17/h1-5,10-11,14,16-17,20,30H,6-9,12-13H2,(H,25,26). The number of thiophene rings is 1. The van der Waals surface area contributed by atoms with Crippen molar-refractivity contribution in [1.29, 1.82) is 0 Å². The van der Waals surface area contributed by atoms with E-state index >= 15 is 0 Å². The molecule has 6 nitrogen and oxygen atoms in total. The zero-order valence-corrected chi connectivity index (χ0v) is 18.1. The molecule has 0 spiro atoms. The smallest absolute Gasteiger partial charge is 0.141 e. The van der Waals surface area contributed by atoms with Crippen LogP contribution in [-0.2, 0) is 0 Å². The first kappa shape index (κ1) is 19.0. The number of anilines is 1. The molecule has 7 heteroatoms. The summed E-state index contributed by atoms with van der Waals surface area (Å²) >= 11 is 1.72. The molecule has 1 saturated carbocycles. The van der Waals surface area contributed by atoms with Crippen LogP contribution in [0.25, 0.3) is 21.3 Å². The Kier molecular flexibility index (Phi) is 4.73. The maximum Gasteiger partial charge on any atom is 0.141 e. The normalized spacial score (nSPS) is 18.5. The van der Waals surface area contributed by atoms with Crippen molar-refractivity contribution < 1.29 is 5.11 Å². The van der Waals surface area contributed by atoms with Crippen molar-refractivity contribution in [3.05, 3.63) is 59.8 Å². The van der Waals surface area contributed by atoms with Gasteiger partial charge in [-0.25, -0.2) is 15.0 Å². The first-order valence-electron chi connectivity index (χ1n) is 11.0. The molecule has 2 fully saturated rings. The number of aromatic nitrogens is 4. The summed E-state index contributed by atoms with van der Waals surface area (Å²) < 4.78 is 0. The number of aromatic amines is 1. The number of piperidine rings is 1. The monoisotopic (exact) mass is 431 g/mol. The predicted octanol–water partition coefficient (Wildman–Crippen LogP) is 4.91. The molecular weight excluding hydrogens is 406 g/mol. The van der Waals surface area contributed by atoms with Crippen LogP contribution in [0.15, 0.2) is 48.1 Å².